The van der Waals surface area contributed by atoms with Gasteiger partial charge in [-0.15, -0.1) is 0 Å². The van der Waals surface area contributed by atoms with Crippen LogP contribution in [0, 0.1) is 23.2 Å². The lowest BCUT2D eigenvalue weighted by Gasteiger charge is -2.26. The van der Waals surface area contributed by atoms with Crippen molar-refractivity contribution in [3.05, 3.63) is 65.5 Å². The Morgan fingerprint density at radius 2 is 1.86 bits per heavy atom. The molecule has 0 fully saturated rings. The van der Waals surface area contributed by atoms with Gasteiger partial charge < -0.3 is 18.5 Å². The van der Waals surface area contributed by atoms with Gasteiger partial charge >= 0.3 is 7.60 Å². The maximum absolute atomic E-state index is 13.4. The summed E-state index contributed by atoms with van der Waals surface area (Å²) in [6.45, 7) is 5.52. The van der Waals surface area contributed by atoms with Crippen LogP contribution < -0.4 is 4.74 Å². The zero-order valence-corrected chi connectivity index (χ0v) is 17.5. The van der Waals surface area contributed by atoms with Crippen molar-refractivity contribution in [3.8, 4) is 11.8 Å². The molecule has 2 atom stereocenters. The Kier molecular flexibility index (Phi) is 8.81. The van der Waals surface area contributed by atoms with E-state index in [0.717, 1.165) is 11.6 Å². The van der Waals surface area contributed by atoms with Crippen LogP contribution in [-0.4, -0.2) is 25.7 Å². The molecule has 0 heterocycles. The minimum Gasteiger partial charge on any atom is -0.482 e. The van der Waals surface area contributed by atoms with Crippen molar-refractivity contribution >= 4 is 7.60 Å². The Labute approximate surface area is 170 Å². The zero-order valence-electron chi connectivity index (χ0n) is 16.6. The molecule has 155 valence electrons. The average molecular weight is 420 g/mol. The van der Waals surface area contributed by atoms with Crippen LogP contribution in [0.15, 0.2) is 42.5 Å². The maximum atomic E-state index is 13.4. The average Bonchev–Trinajstić information content (AvgIpc) is 2.72. The number of halogens is 1. The number of benzene rings is 2. The van der Waals surface area contributed by atoms with E-state index in [-0.39, 0.29) is 31.1 Å². The number of ether oxygens (including phenoxy) is 2. The van der Waals surface area contributed by atoms with Gasteiger partial charge in [0.2, 0.25) is 0 Å². The fourth-order valence-electron chi connectivity index (χ4n) is 2.58. The van der Waals surface area contributed by atoms with Gasteiger partial charge in [-0.05, 0) is 38.5 Å². The van der Waals surface area contributed by atoms with Gasteiger partial charge in [0.15, 0.2) is 5.85 Å². The van der Waals surface area contributed by atoms with Gasteiger partial charge in [0.05, 0.1) is 25.4 Å². The van der Waals surface area contributed by atoms with Crippen molar-refractivity contribution in [3.63, 3.8) is 0 Å². The molecule has 0 amide bonds. The van der Waals surface area contributed by atoms with Gasteiger partial charge in [0.25, 0.3) is 0 Å². The highest BCUT2D eigenvalue weighted by Crippen LogP contribution is 2.53. The first kappa shape index (κ1) is 23.1. The number of nitriles is 1. The molecule has 0 saturated carbocycles. The van der Waals surface area contributed by atoms with E-state index >= 15 is 0 Å². The van der Waals surface area contributed by atoms with Gasteiger partial charge in [-0.1, -0.05) is 30.3 Å². The van der Waals surface area contributed by atoms with E-state index in [9.17, 15) is 14.2 Å². The molecule has 0 spiro atoms. The lowest BCUT2D eigenvalue weighted by molar-refractivity contribution is 0.0232. The number of nitrogens with zero attached hydrogens (tertiary/aromatic N) is 1. The Morgan fingerprint density at radius 1 is 1.21 bits per heavy atom. The fraction of sp³-hybridized carbons (Fsp3) is 0.381. The highest BCUT2D eigenvalue weighted by molar-refractivity contribution is 7.54. The van der Waals surface area contributed by atoms with Crippen molar-refractivity contribution in [2.24, 2.45) is 0 Å². The highest BCUT2D eigenvalue weighted by atomic mass is 31.2. The molecular weight excluding hydrogens is 396 g/mol. The molecule has 1 radical (unpaired) electrons. The molecule has 0 aromatic heterocycles. The number of hydrogen-bond acceptors (Lipinski definition) is 6. The van der Waals surface area contributed by atoms with Crippen molar-refractivity contribution in [2.75, 3.05) is 19.8 Å². The third-order valence-corrected chi connectivity index (χ3v) is 6.27. The molecule has 0 aliphatic rings. The van der Waals surface area contributed by atoms with Gasteiger partial charge in [-0.2, -0.15) is 5.26 Å². The first-order valence-electron chi connectivity index (χ1n) is 9.26. The van der Waals surface area contributed by atoms with Crippen molar-refractivity contribution in [1.29, 1.82) is 5.26 Å². The summed E-state index contributed by atoms with van der Waals surface area (Å²) in [5.74, 6) is -1.30. The SMILES string of the molecule is CCOP(=O)(OCC)C(C)OCC(Oc1c[c]c(F)cc1C#N)c1ccccc1. The van der Waals surface area contributed by atoms with Crippen molar-refractivity contribution < 1.29 is 27.5 Å². The van der Waals surface area contributed by atoms with Crippen LogP contribution >= 0.6 is 7.60 Å². The standard InChI is InChI=1S/C21H24FNO5P/c1-4-26-29(24,27-5-2)16(3)25-15-21(17-9-7-6-8-10-17)28-20-12-11-19(22)13-18(20)14-23/h6-10,12-13,16,21H,4-5,15H2,1-3H3. The molecule has 6 nitrogen and oxygen atoms in total. The second-order valence-corrected chi connectivity index (χ2v) is 8.32. The molecule has 2 aromatic rings. The largest absolute Gasteiger partial charge is 0.482 e. The third kappa shape index (κ3) is 6.38. The van der Waals surface area contributed by atoms with Crippen LogP contribution in [0.2, 0.25) is 0 Å². The fourth-order valence-corrected chi connectivity index (χ4v) is 4.06. The van der Waals surface area contributed by atoms with Crippen molar-refractivity contribution in [1.82, 2.24) is 0 Å². The first-order chi connectivity index (χ1) is 13.9. The summed E-state index contributed by atoms with van der Waals surface area (Å²) in [5, 5.41) is 9.26. The molecular formula is C21H24FNO5P. The van der Waals surface area contributed by atoms with E-state index < -0.39 is 25.4 Å². The summed E-state index contributed by atoms with van der Waals surface area (Å²) in [6.07, 6.45) is -0.638. The van der Waals surface area contributed by atoms with Gasteiger partial charge in [-0.25, -0.2) is 4.39 Å². The Bertz CT molecular complexity index is 861. The second kappa shape index (κ2) is 11.1. The predicted molar refractivity (Wildman–Crippen MR) is 106 cm³/mol. The molecule has 2 unspecified atom stereocenters. The second-order valence-electron chi connectivity index (χ2n) is 6.00. The Balaban J connectivity index is 2.22. The minimum absolute atomic E-state index is 0.0115. The van der Waals surface area contributed by atoms with Gasteiger partial charge in [-0.3, -0.25) is 4.57 Å². The van der Waals surface area contributed by atoms with E-state index in [2.05, 4.69) is 6.07 Å². The van der Waals surface area contributed by atoms with Crippen molar-refractivity contribution in [2.45, 2.75) is 32.7 Å². The maximum Gasteiger partial charge on any atom is 0.358 e. The highest BCUT2D eigenvalue weighted by Gasteiger charge is 2.33. The minimum atomic E-state index is -3.45. The number of rotatable bonds is 11. The molecule has 2 aromatic carbocycles. The van der Waals surface area contributed by atoms with Gasteiger partial charge in [0, 0.05) is 6.07 Å². The topological polar surface area (TPSA) is 77.8 Å². The lowest BCUT2D eigenvalue weighted by atomic mass is 10.1. The first-order valence-corrected chi connectivity index (χ1v) is 10.9. The lowest BCUT2D eigenvalue weighted by Crippen LogP contribution is -2.21. The molecule has 0 saturated heterocycles. The summed E-state index contributed by atoms with van der Waals surface area (Å²) in [7, 11) is -3.45. The Hall–Kier alpha value is -2.23. The summed E-state index contributed by atoms with van der Waals surface area (Å²) in [5.41, 5.74) is 0.820. The van der Waals surface area contributed by atoms with Crippen LogP contribution in [0.3, 0.4) is 0 Å². The number of hydrogen-bond donors (Lipinski definition) is 0. The molecule has 0 bridgehead atoms. The van der Waals surface area contributed by atoms with E-state index in [4.69, 9.17) is 18.5 Å². The summed E-state index contributed by atoms with van der Waals surface area (Å²) in [6, 6.07) is 15.8. The molecule has 0 aliphatic heterocycles. The molecule has 0 N–H and O–H groups in total. The Morgan fingerprint density at radius 3 is 2.45 bits per heavy atom. The van der Waals surface area contributed by atoms with E-state index in [1.165, 1.54) is 6.07 Å². The van der Waals surface area contributed by atoms with E-state index in [1.807, 2.05) is 36.4 Å². The quantitative estimate of drug-likeness (QED) is 0.462. The van der Waals surface area contributed by atoms with E-state index in [0.29, 0.717) is 0 Å². The zero-order chi connectivity index (χ0) is 21.3. The smallest absolute Gasteiger partial charge is 0.358 e. The van der Waals surface area contributed by atoms with Gasteiger partial charge in [0.1, 0.15) is 23.7 Å². The van der Waals surface area contributed by atoms with Crippen LogP contribution in [-0.2, 0) is 18.3 Å². The predicted octanol–water partition coefficient (Wildman–Crippen LogP) is 5.25. The third-order valence-electron chi connectivity index (χ3n) is 3.99. The van der Waals surface area contributed by atoms with Crippen LogP contribution in [0.25, 0.3) is 0 Å². The van der Waals surface area contributed by atoms with Crippen LogP contribution in [0.5, 0.6) is 5.75 Å². The summed E-state index contributed by atoms with van der Waals surface area (Å²) < 4.78 is 48.6. The molecule has 2 rings (SSSR count). The van der Waals surface area contributed by atoms with Crippen LogP contribution in [0.4, 0.5) is 4.39 Å². The van der Waals surface area contributed by atoms with E-state index in [1.54, 1.807) is 20.8 Å². The molecule has 29 heavy (non-hydrogen) atoms. The molecule has 0 aliphatic carbocycles. The summed E-state index contributed by atoms with van der Waals surface area (Å²) in [4.78, 5) is 0. The molecule has 8 heteroatoms. The normalized spacial score (nSPS) is 13.5. The van der Waals surface area contributed by atoms with Crippen LogP contribution in [0.1, 0.15) is 38.0 Å². The summed E-state index contributed by atoms with van der Waals surface area (Å²) >= 11 is 0. The monoisotopic (exact) mass is 420 g/mol.